The number of phenols is 1. The van der Waals surface area contributed by atoms with Crippen LogP contribution in [0.2, 0.25) is 0 Å². The van der Waals surface area contributed by atoms with Crippen molar-refractivity contribution in [2.24, 2.45) is 0 Å². The number of hydrogen-bond donors (Lipinski definition) is 1. The number of fused-ring (bicyclic) bond motifs is 3. The topological polar surface area (TPSA) is 51.2 Å². The highest BCUT2D eigenvalue weighted by molar-refractivity contribution is 5.54. The number of hydrogen-bond acceptors (Lipinski definition) is 5. The third-order valence-corrected chi connectivity index (χ3v) is 5.34. The number of morpholine rings is 1. The lowest BCUT2D eigenvalue weighted by molar-refractivity contribution is -0.139. The summed E-state index contributed by atoms with van der Waals surface area (Å²) in [5, 5.41) is 10.1. The molecule has 22 heavy (non-hydrogen) atoms. The maximum Gasteiger partial charge on any atom is 0.170 e. The van der Waals surface area contributed by atoms with Crippen LogP contribution in [0.1, 0.15) is 37.2 Å². The second kappa shape index (κ2) is 5.32. The van der Waals surface area contributed by atoms with Gasteiger partial charge in [-0.2, -0.15) is 0 Å². The fraction of sp³-hybridized carbons (Fsp3) is 0.647. The van der Waals surface area contributed by atoms with E-state index in [1.807, 2.05) is 12.1 Å². The first-order chi connectivity index (χ1) is 10.7. The zero-order valence-corrected chi connectivity index (χ0v) is 13.0. The monoisotopic (exact) mass is 305 g/mol. The largest absolute Gasteiger partial charge is 0.504 e. The lowest BCUT2D eigenvalue weighted by atomic mass is 9.77. The molecule has 1 N–H and O–H groups in total. The summed E-state index contributed by atoms with van der Waals surface area (Å²) in [5.74, 6) is 1.88. The van der Waals surface area contributed by atoms with E-state index in [0.29, 0.717) is 11.7 Å². The Morgan fingerprint density at radius 1 is 1.27 bits per heavy atom. The summed E-state index contributed by atoms with van der Waals surface area (Å²) in [6.07, 6.45) is 4.54. The minimum Gasteiger partial charge on any atom is -0.504 e. The fourth-order valence-corrected chi connectivity index (χ4v) is 4.31. The molecule has 1 aromatic rings. The van der Waals surface area contributed by atoms with Crippen molar-refractivity contribution in [3.05, 3.63) is 17.7 Å². The van der Waals surface area contributed by atoms with Gasteiger partial charge in [-0.15, -0.1) is 0 Å². The van der Waals surface area contributed by atoms with Crippen LogP contribution in [0.5, 0.6) is 17.2 Å². The van der Waals surface area contributed by atoms with Crippen molar-refractivity contribution >= 4 is 0 Å². The van der Waals surface area contributed by atoms with Gasteiger partial charge in [0.2, 0.25) is 0 Å². The van der Waals surface area contributed by atoms with Gasteiger partial charge in [-0.25, -0.2) is 0 Å². The molecule has 0 bridgehead atoms. The van der Waals surface area contributed by atoms with E-state index in [4.69, 9.17) is 14.2 Å². The summed E-state index contributed by atoms with van der Waals surface area (Å²) in [6, 6.07) is 3.68. The molecule has 5 heteroatoms. The van der Waals surface area contributed by atoms with E-state index >= 15 is 0 Å². The Balaban J connectivity index is 1.75. The van der Waals surface area contributed by atoms with Gasteiger partial charge >= 0.3 is 0 Å². The number of benzene rings is 1. The number of ether oxygens (including phenoxy) is 3. The molecule has 0 aromatic heterocycles. The molecular formula is C17H23NO4. The van der Waals surface area contributed by atoms with Crippen molar-refractivity contribution in [2.75, 3.05) is 33.4 Å². The first-order valence-electron chi connectivity index (χ1n) is 8.17. The fourth-order valence-electron chi connectivity index (χ4n) is 4.31. The van der Waals surface area contributed by atoms with Gasteiger partial charge in [0.1, 0.15) is 5.75 Å². The van der Waals surface area contributed by atoms with Gasteiger partial charge in [0.25, 0.3) is 0 Å². The van der Waals surface area contributed by atoms with Gasteiger partial charge < -0.3 is 19.3 Å². The highest BCUT2D eigenvalue weighted by Gasteiger charge is 2.53. The third-order valence-electron chi connectivity index (χ3n) is 5.34. The molecule has 2 aliphatic heterocycles. The highest BCUT2D eigenvalue weighted by atomic mass is 16.5. The maximum absolute atomic E-state index is 10.1. The Hall–Kier alpha value is -1.46. The first-order valence-corrected chi connectivity index (χ1v) is 8.17. The van der Waals surface area contributed by atoms with E-state index in [-0.39, 0.29) is 11.5 Å². The van der Waals surface area contributed by atoms with Crippen LogP contribution in [-0.4, -0.2) is 49.1 Å². The van der Waals surface area contributed by atoms with Gasteiger partial charge in [0.05, 0.1) is 20.3 Å². The van der Waals surface area contributed by atoms with Crippen LogP contribution >= 0.6 is 0 Å². The number of rotatable bonds is 2. The molecule has 1 aliphatic carbocycles. The van der Waals surface area contributed by atoms with Crippen LogP contribution in [0, 0.1) is 0 Å². The molecule has 0 amide bonds. The molecule has 2 atom stereocenters. The molecule has 120 valence electrons. The normalized spacial score (nSPS) is 31.2. The Bertz CT molecular complexity index is 570. The van der Waals surface area contributed by atoms with Crippen molar-refractivity contribution in [1.82, 2.24) is 4.90 Å². The Kier molecular flexibility index (Phi) is 3.42. The second-order valence-electron chi connectivity index (χ2n) is 6.41. The van der Waals surface area contributed by atoms with Crippen molar-refractivity contribution in [1.29, 1.82) is 0 Å². The Labute approximate surface area is 130 Å². The van der Waals surface area contributed by atoms with Gasteiger partial charge in [-0.05, 0) is 18.9 Å². The van der Waals surface area contributed by atoms with E-state index in [1.54, 1.807) is 7.11 Å². The summed E-state index contributed by atoms with van der Waals surface area (Å²) < 4.78 is 17.3. The third kappa shape index (κ3) is 1.99. The van der Waals surface area contributed by atoms with Gasteiger partial charge in [0.15, 0.2) is 17.2 Å². The molecule has 1 saturated heterocycles. The van der Waals surface area contributed by atoms with Crippen LogP contribution in [0.3, 0.4) is 0 Å². The molecule has 4 rings (SSSR count). The molecule has 1 saturated carbocycles. The van der Waals surface area contributed by atoms with Crippen LogP contribution in [-0.2, 0) is 4.74 Å². The van der Waals surface area contributed by atoms with Crippen LogP contribution < -0.4 is 9.47 Å². The summed E-state index contributed by atoms with van der Waals surface area (Å²) in [6.45, 7) is 3.35. The molecule has 0 radical (unpaired) electrons. The van der Waals surface area contributed by atoms with E-state index in [1.165, 1.54) is 12.8 Å². The smallest absolute Gasteiger partial charge is 0.170 e. The zero-order chi connectivity index (χ0) is 15.2. The van der Waals surface area contributed by atoms with Gasteiger partial charge in [-0.1, -0.05) is 6.42 Å². The predicted molar refractivity (Wildman–Crippen MR) is 81.6 cm³/mol. The van der Waals surface area contributed by atoms with E-state index in [9.17, 15) is 5.11 Å². The molecule has 5 nitrogen and oxygen atoms in total. The summed E-state index contributed by atoms with van der Waals surface area (Å²) >= 11 is 0. The standard InChI is InChI=1S/C17H23NO4/c1-20-16-11-15-12(10-14(16)19)13-4-2-3-5-17(13,22-15)18-6-8-21-9-7-18/h10-11,13,19H,2-9H2,1H3. The Morgan fingerprint density at radius 3 is 2.86 bits per heavy atom. The minimum atomic E-state index is -0.261. The lowest BCUT2D eigenvalue weighted by Gasteiger charge is -2.47. The van der Waals surface area contributed by atoms with Crippen LogP contribution in [0.4, 0.5) is 0 Å². The summed E-state index contributed by atoms with van der Waals surface area (Å²) in [5.41, 5.74) is 0.868. The number of nitrogens with zero attached hydrogens (tertiary/aromatic N) is 1. The van der Waals surface area contributed by atoms with Crippen molar-refractivity contribution in [2.45, 2.75) is 37.3 Å². The van der Waals surface area contributed by atoms with E-state index < -0.39 is 0 Å². The van der Waals surface area contributed by atoms with Crippen molar-refractivity contribution in [3.8, 4) is 17.2 Å². The molecule has 2 fully saturated rings. The highest BCUT2D eigenvalue weighted by Crippen LogP contribution is 2.55. The van der Waals surface area contributed by atoms with Crippen LogP contribution in [0.25, 0.3) is 0 Å². The average Bonchev–Trinajstić information content (AvgIpc) is 2.89. The quantitative estimate of drug-likeness (QED) is 0.909. The molecular weight excluding hydrogens is 282 g/mol. The minimum absolute atomic E-state index is 0.202. The van der Waals surface area contributed by atoms with Crippen molar-refractivity contribution in [3.63, 3.8) is 0 Å². The van der Waals surface area contributed by atoms with E-state index in [2.05, 4.69) is 4.90 Å². The summed E-state index contributed by atoms with van der Waals surface area (Å²) in [4.78, 5) is 2.45. The number of phenolic OH excluding ortho intramolecular Hbond substituents is 1. The molecule has 2 heterocycles. The van der Waals surface area contributed by atoms with Gasteiger partial charge in [-0.3, -0.25) is 4.90 Å². The SMILES string of the molecule is COc1cc2c(cc1O)C1CCCCC1(N1CCOCC1)O2. The molecule has 1 aromatic carbocycles. The molecule has 0 spiro atoms. The molecule has 3 aliphatic rings. The second-order valence-corrected chi connectivity index (χ2v) is 6.41. The first kappa shape index (κ1) is 14.2. The van der Waals surface area contributed by atoms with E-state index in [0.717, 1.165) is 50.5 Å². The number of methoxy groups -OCH3 is 1. The zero-order valence-electron chi connectivity index (χ0n) is 13.0. The maximum atomic E-state index is 10.1. The predicted octanol–water partition coefficient (Wildman–Crippen LogP) is 2.48. The number of aromatic hydroxyl groups is 1. The lowest BCUT2D eigenvalue weighted by Crippen LogP contribution is -2.59. The van der Waals surface area contributed by atoms with Crippen LogP contribution in [0.15, 0.2) is 12.1 Å². The Morgan fingerprint density at radius 2 is 2.09 bits per heavy atom. The van der Waals surface area contributed by atoms with Crippen molar-refractivity contribution < 1.29 is 19.3 Å². The summed E-state index contributed by atoms with van der Waals surface area (Å²) in [7, 11) is 1.57. The average molecular weight is 305 g/mol. The van der Waals surface area contributed by atoms with Gasteiger partial charge in [0, 0.05) is 37.1 Å². The molecule has 2 unspecified atom stereocenters.